The van der Waals surface area contributed by atoms with Crippen LogP contribution in [0, 0.1) is 5.41 Å². The molecule has 0 aromatic carbocycles. The Bertz CT molecular complexity index is 518. The third-order valence-corrected chi connectivity index (χ3v) is 4.27. The summed E-state index contributed by atoms with van der Waals surface area (Å²) in [6.07, 6.45) is 2.64. The van der Waals surface area contributed by atoms with Gasteiger partial charge >= 0.3 is 0 Å². The summed E-state index contributed by atoms with van der Waals surface area (Å²) in [4.78, 5) is 2.04. The van der Waals surface area contributed by atoms with Crippen molar-refractivity contribution in [3.05, 3.63) is 11.8 Å². The summed E-state index contributed by atoms with van der Waals surface area (Å²) in [6, 6.07) is 0.372. The second-order valence-corrected chi connectivity index (χ2v) is 5.64. The second kappa shape index (κ2) is 6.59. The lowest BCUT2D eigenvalue weighted by atomic mass is 10.0. The number of nitrogens with two attached hydrogens (primary N) is 1. The van der Waals surface area contributed by atoms with Crippen molar-refractivity contribution in [3.8, 4) is 0 Å². The molecule has 2 unspecified atom stereocenters. The Hall–Kier alpha value is -1.71. The van der Waals surface area contributed by atoms with Crippen LogP contribution in [0.3, 0.4) is 0 Å². The normalized spacial score (nSPS) is 24.4. The zero-order chi connectivity index (χ0) is 15.5. The molecule has 1 aromatic heterocycles. The first-order valence-electron chi connectivity index (χ1n) is 7.79. The minimum atomic E-state index is 0.0142. The van der Waals surface area contributed by atoms with Gasteiger partial charge in [-0.25, -0.2) is 5.43 Å². The number of nitrogens with zero attached hydrogens (tertiary/aromatic N) is 4. The van der Waals surface area contributed by atoms with Gasteiger partial charge in [0.05, 0.1) is 6.04 Å². The molecule has 22 heavy (non-hydrogen) atoms. The van der Waals surface area contributed by atoms with Crippen LogP contribution in [-0.4, -0.2) is 65.3 Å². The summed E-state index contributed by atoms with van der Waals surface area (Å²) in [5.41, 5.74) is 8.52. The van der Waals surface area contributed by atoms with Crippen LogP contribution in [-0.2, 0) is 6.42 Å². The molecule has 2 bridgehead atoms. The van der Waals surface area contributed by atoms with Gasteiger partial charge in [0.25, 0.3) is 0 Å². The topological polar surface area (TPSA) is 119 Å². The molecule has 0 saturated carbocycles. The van der Waals surface area contributed by atoms with Crippen molar-refractivity contribution in [2.45, 2.75) is 31.3 Å². The van der Waals surface area contributed by atoms with E-state index in [1.54, 1.807) is 0 Å². The number of guanidine groups is 1. The molecular weight excluding hydrogens is 284 g/mol. The first-order chi connectivity index (χ1) is 10.7. The van der Waals surface area contributed by atoms with Crippen molar-refractivity contribution in [2.24, 2.45) is 5.73 Å². The molecule has 2 aliphatic rings. The minimum Gasteiger partial charge on any atom is -0.423 e. The highest BCUT2D eigenvalue weighted by Crippen LogP contribution is 2.36. The van der Waals surface area contributed by atoms with E-state index in [-0.39, 0.29) is 6.04 Å². The van der Waals surface area contributed by atoms with E-state index in [4.69, 9.17) is 15.6 Å². The highest BCUT2D eigenvalue weighted by Gasteiger charge is 2.44. The molecule has 2 atom stereocenters. The summed E-state index contributed by atoms with van der Waals surface area (Å²) in [7, 11) is 1.85. The average Bonchev–Trinajstić information content (AvgIpc) is 3.09. The quantitative estimate of drug-likeness (QED) is 0.476. The van der Waals surface area contributed by atoms with Gasteiger partial charge in [0, 0.05) is 39.6 Å². The zero-order valence-corrected chi connectivity index (χ0v) is 12.9. The number of fused-ring (bicyclic) bond motifs is 2. The Balaban J connectivity index is 1.63. The molecule has 9 nitrogen and oxygen atoms in total. The molecule has 122 valence electrons. The number of aromatic nitrogens is 2. The van der Waals surface area contributed by atoms with Crippen LogP contribution >= 0.6 is 0 Å². The third-order valence-electron chi connectivity index (χ3n) is 4.27. The summed E-state index contributed by atoms with van der Waals surface area (Å²) in [5, 5.41) is 21.7. The van der Waals surface area contributed by atoms with Gasteiger partial charge in [0.1, 0.15) is 6.04 Å². The van der Waals surface area contributed by atoms with Gasteiger partial charge in [-0.2, -0.15) is 0 Å². The SMILES string of the molecule is CNN1C(=N)N2CC1CCC2c1nnc(CCNCCN)o1. The molecule has 0 radical (unpaired) electrons. The lowest BCUT2D eigenvalue weighted by Gasteiger charge is -2.28. The predicted octanol–water partition coefficient (Wildman–Crippen LogP) is -0.949. The fourth-order valence-corrected chi connectivity index (χ4v) is 3.18. The molecule has 0 aliphatic carbocycles. The van der Waals surface area contributed by atoms with E-state index in [1.165, 1.54) is 0 Å². The molecule has 0 spiro atoms. The van der Waals surface area contributed by atoms with Crippen molar-refractivity contribution in [1.82, 2.24) is 30.8 Å². The van der Waals surface area contributed by atoms with Gasteiger partial charge in [-0.3, -0.25) is 10.4 Å². The van der Waals surface area contributed by atoms with Gasteiger partial charge in [0.2, 0.25) is 17.7 Å². The molecule has 5 N–H and O–H groups in total. The van der Waals surface area contributed by atoms with Crippen molar-refractivity contribution < 1.29 is 4.42 Å². The van der Waals surface area contributed by atoms with Crippen molar-refractivity contribution in [3.63, 3.8) is 0 Å². The summed E-state index contributed by atoms with van der Waals surface area (Å²) >= 11 is 0. The van der Waals surface area contributed by atoms with Crippen molar-refractivity contribution >= 4 is 5.96 Å². The Labute approximate surface area is 129 Å². The molecule has 3 heterocycles. The van der Waals surface area contributed by atoms with E-state index < -0.39 is 0 Å². The van der Waals surface area contributed by atoms with Gasteiger partial charge in [-0.15, -0.1) is 10.2 Å². The second-order valence-electron chi connectivity index (χ2n) is 5.64. The number of hydrogen-bond acceptors (Lipinski definition) is 7. The summed E-state index contributed by atoms with van der Waals surface area (Å²) in [5.74, 6) is 1.74. The predicted molar refractivity (Wildman–Crippen MR) is 81.0 cm³/mol. The maximum atomic E-state index is 8.25. The van der Waals surface area contributed by atoms with E-state index in [0.717, 1.165) is 32.5 Å². The molecule has 0 amide bonds. The Morgan fingerprint density at radius 3 is 3.00 bits per heavy atom. The number of piperidine rings is 1. The summed E-state index contributed by atoms with van der Waals surface area (Å²) in [6.45, 7) is 3.02. The van der Waals surface area contributed by atoms with Gasteiger partial charge in [0.15, 0.2) is 0 Å². The maximum Gasteiger partial charge on any atom is 0.238 e. The smallest absolute Gasteiger partial charge is 0.238 e. The van der Waals surface area contributed by atoms with Crippen LogP contribution in [0.1, 0.15) is 30.7 Å². The highest BCUT2D eigenvalue weighted by molar-refractivity contribution is 5.79. The molecule has 1 aromatic rings. The summed E-state index contributed by atoms with van der Waals surface area (Å²) < 4.78 is 5.80. The van der Waals surface area contributed by atoms with Gasteiger partial charge in [-0.1, -0.05) is 0 Å². The third kappa shape index (κ3) is 2.79. The number of hydrazine groups is 1. The lowest BCUT2D eigenvalue weighted by Crippen LogP contribution is -2.42. The molecular formula is C13H24N8O. The number of hydrogen-bond donors (Lipinski definition) is 4. The largest absolute Gasteiger partial charge is 0.423 e. The van der Waals surface area contributed by atoms with Crippen LogP contribution < -0.4 is 16.5 Å². The first kappa shape index (κ1) is 15.2. The van der Waals surface area contributed by atoms with E-state index in [0.29, 0.717) is 36.7 Å². The van der Waals surface area contributed by atoms with Gasteiger partial charge in [-0.05, 0) is 12.8 Å². The lowest BCUT2D eigenvalue weighted by molar-refractivity contribution is 0.190. The Morgan fingerprint density at radius 1 is 1.36 bits per heavy atom. The number of rotatable bonds is 7. The maximum absolute atomic E-state index is 8.25. The van der Waals surface area contributed by atoms with E-state index in [2.05, 4.69) is 20.9 Å². The minimum absolute atomic E-state index is 0.0142. The van der Waals surface area contributed by atoms with Crippen LogP contribution in [0.2, 0.25) is 0 Å². The fourth-order valence-electron chi connectivity index (χ4n) is 3.18. The van der Waals surface area contributed by atoms with Crippen LogP contribution in [0.25, 0.3) is 0 Å². The van der Waals surface area contributed by atoms with E-state index >= 15 is 0 Å². The van der Waals surface area contributed by atoms with Crippen molar-refractivity contribution in [1.29, 1.82) is 5.41 Å². The molecule has 2 saturated heterocycles. The first-order valence-corrected chi connectivity index (χ1v) is 7.79. The Morgan fingerprint density at radius 2 is 2.23 bits per heavy atom. The van der Waals surface area contributed by atoms with Crippen molar-refractivity contribution in [2.75, 3.05) is 33.2 Å². The van der Waals surface area contributed by atoms with E-state index in [9.17, 15) is 0 Å². The van der Waals surface area contributed by atoms with Crippen LogP contribution in [0.15, 0.2) is 4.42 Å². The molecule has 2 fully saturated rings. The average molecular weight is 308 g/mol. The molecule has 3 rings (SSSR count). The molecule has 2 aliphatic heterocycles. The fraction of sp³-hybridized carbons (Fsp3) is 0.769. The number of nitrogens with one attached hydrogen (secondary N) is 3. The monoisotopic (exact) mass is 308 g/mol. The van der Waals surface area contributed by atoms with Gasteiger partial charge < -0.3 is 20.4 Å². The zero-order valence-electron chi connectivity index (χ0n) is 12.9. The highest BCUT2D eigenvalue weighted by atomic mass is 16.4. The van der Waals surface area contributed by atoms with E-state index in [1.807, 2.05) is 17.0 Å². The standard InChI is InChI=1S/C13H24N8O/c1-16-21-9-2-3-10(20(8-9)13(21)15)12-19-18-11(22-12)4-6-17-7-5-14/h9-10,15-17H,2-8,14H2,1H3. The molecule has 9 heteroatoms. The Kier molecular flexibility index (Phi) is 4.55. The van der Waals surface area contributed by atoms with Crippen LogP contribution in [0.4, 0.5) is 0 Å². The van der Waals surface area contributed by atoms with Crippen LogP contribution in [0.5, 0.6) is 0 Å².